The van der Waals surface area contributed by atoms with E-state index in [1.807, 2.05) is 11.3 Å². The molecular weight excluding hydrogens is 238 g/mol. The van der Waals surface area contributed by atoms with Gasteiger partial charge in [-0.1, -0.05) is 0 Å². The van der Waals surface area contributed by atoms with Crippen molar-refractivity contribution < 1.29 is 0 Å². The van der Waals surface area contributed by atoms with E-state index in [1.54, 1.807) is 0 Å². The first-order chi connectivity index (χ1) is 8.66. The highest BCUT2D eigenvalue weighted by molar-refractivity contribution is 7.10. The van der Waals surface area contributed by atoms with E-state index in [4.69, 9.17) is 5.73 Å². The molecule has 0 aromatic carbocycles. The van der Waals surface area contributed by atoms with Gasteiger partial charge in [0, 0.05) is 10.9 Å². The van der Waals surface area contributed by atoms with Crippen LogP contribution in [0.4, 0.5) is 0 Å². The van der Waals surface area contributed by atoms with Crippen LogP contribution in [0.15, 0.2) is 11.4 Å². The summed E-state index contributed by atoms with van der Waals surface area (Å²) >= 11 is 1.86. The summed E-state index contributed by atoms with van der Waals surface area (Å²) in [6.07, 6.45) is 8.76. The van der Waals surface area contributed by atoms with Crippen LogP contribution in [0.25, 0.3) is 0 Å². The minimum atomic E-state index is 0.303. The van der Waals surface area contributed by atoms with E-state index < -0.39 is 0 Å². The molecule has 4 bridgehead atoms. The van der Waals surface area contributed by atoms with Gasteiger partial charge in [0.15, 0.2) is 0 Å². The molecule has 0 aliphatic heterocycles. The van der Waals surface area contributed by atoms with Gasteiger partial charge in [0.25, 0.3) is 0 Å². The standard InChI is InChI=1S/C16H23NS/c1-10-14(2-3-18-10)15(17)16-7-11-4-12(8-16)6-13(5-11)9-16/h2-3,11-13,15H,4-9,17H2,1H3. The molecule has 1 heterocycles. The van der Waals surface area contributed by atoms with Crippen molar-refractivity contribution >= 4 is 11.3 Å². The monoisotopic (exact) mass is 261 g/mol. The third kappa shape index (κ3) is 1.55. The number of hydrogen-bond donors (Lipinski definition) is 1. The van der Waals surface area contributed by atoms with Gasteiger partial charge in [0.2, 0.25) is 0 Å². The minimum Gasteiger partial charge on any atom is -0.323 e. The zero-order valence-electron chi connectivity index (χ0n) is 11.2. The summed E-state index contributed by atoms with van der Waals surface area (Å²) in [5.74, 6) is 3.00. The van der Waals surface area contributed by atoms with Crippen LogP contribution in [0, 0.1) is 30.1 Å². The van der Waals surface area contributed by atoms with E-state index in [0.29, 0.717) is 11.5 Å². The maximum Gasteiger partial charge on any atom is 0.0363 e. The van der Waals surface area contributed by atoms with Crippen LogP contribution in [-0.2, 0) is 0 Å². The van der Waals surface area contributed by atoms with E-state index >= 15 is 0 Å². The van der Waals surface area contributed by atoms with Gasteiger partial charge in [-0.2, -0.15) is 0 Å². The Bertz CT molecular complexity index is 426. The van der Waals surface area contributed by atoms with Gasteiger partial charge < -0.3 is 5.73 Å². The van der Waals surface area contributed by atoms with Crippen LogP contribution in [0.1, 0.15) is 55.0 Å². The molecule has 1 atom stereocenters. The van der Waals surface area contributed by atoms with E-state index in [-0.39, 0.29) is 0 Å². The Morgan fingerprint density at radius 1 is 1.17 bits per heavy atom. The highest BCUT2D eigenvalue weighted by atomic mass is 32.1. The zero-order valence-corrected chi connectivity index (χ0v) is 12.0. The first-order valence-electron chi connectivity index (χ1n) is 7.46. The molecule has 0 saturated heterocycles. The van der Waals surface area contributed by atoms with Crippen molar-refractivity contribution in [1.82, 2.24) is 0 Å². The minimum absolute atomic E-state index is 0.303. The Hall–Kier alpha value is -0.340. The van der Waals surface area contributed by atoms with E-state index in [9.17, 15) is 0 Å². The normalized spacial score (nSPS) is 43.3. The van der Waals surface area contributed by atoms with Crippen LogP contribution < -0.4 is 5.73 Å². The fourth-order valence-electron chi connectivity index (χ4n) is 5.61. The van der Waals surface area contributed by atoms with Crippen molar-refractivity contribution in [1.29, 1.82) is 0 Å². The predicted molar refractivity (Wildman–Crippen MR) is 76.6 cm³/mol. The molecule has 1 aromatic heterocycles. The number of thiophene rings is 1. The average Bonchev–Trinajstić information content (AvgIpc) is 2.72. The van der Waals surface area contributed by atoms with Gasteiger partial charge in [-0.05, 0) is 85.6 Å². The van der Waals surface area contributed by atoms with Crippen molar-refractivity contribution in [3.8, 4) is 0 Å². The van der Waals surface area contributed by atoms with Gasteiger partial charge in [-0.15, -0.1) is 11.3 Å². The molecule has 4 aliphatic rings. The summed E-state index contributed by atoms with van der Waals surface area (Å²) in [6.45, 7) is 2.24. The number of nitrogens with two attached hydrogens (primary N) is 1. The summed E-state index contributed by atoms with van der Waals surface area (Å²) < 4.78 is 0. The maximum atomic E-state index is 6.75. The quantitative estimate of drug-likeness (QED) is 0.845. The largest absolute Gasteiger partial charge is 0.323 e. The lowest BCUT2D eigenvalue weighted by molar-refractivity contribution is -0.0678. The number of aryl methyl sites for hydroxylation is 1. The van der Waals surface area contributed by atoms with Crippen molar-refractivity contribution in [2.45, 2.75) is 51.5 Å². The van der Waals surface area contributed by atoms with Crippen LogP contribution in [0.2, 0.25) is 0 Å². The highest BCUT2D eigenvalue weighted by Gasteiger charge is 2.53. The van der Waals surface area contributed by atoms with E-state index in [1.165, 1.54) is 49.0 Å². The maximum absolute atomic E-state index is 6.75. The van der Waals surface area contributed by atoms with Gasteiger partial charge in [0.05, 0.1) is 0 Å². The fraction of sp³-hybridized carbons (Fsp3) is 0.750. The lowest BCUT2D eigenvalue weighted by Gasteiger charge is -2.59. The molecule has 1 unspecified atom stereocenters. The fourth-order valence-corrected chi connectivity index (χ4v) is 6.36. The molecule has 2 N–H and O–H groups in total. The molecule has 0 radical (unpaired) electrons. The first kappa shape index (κ1) is 11.5. The van der Waals surface area contributed by atoms with E-state index in [0.717, 1.165) is 17.8 Å². The molecule has 18 heavy (non-hydrogen) atoms. The van der Waals surface area contributed by atoms with Crippen LogP contribution in [0.3, 0.4) is 0 Å². The van der Waals surface area contributed by atoms with Crippen LogP contribution >= 0.6 is 11.3 Å². The van der Waals surface area contributed by atoms with Crippen molar-refractivity contribution in [2.75, 3.05) is 0 Å². The molecule has 0 spiro atoms. The summed E-state index contributed by atoms with van der Waals surface area (Å²) in [5, 5.41) is 2.21. The zero-order chi connectivity index (χ0) is 12.3. The molecule has 1 aromatic rings. The highest BCUT2D eigenvalue weighted by Crippen LogP contribution is 2.63. The van der Waals surface area contributed by atoms with E-state index in [2.05, 4.69) is 18.4 Å². The number of hydrogen-bond acceptors (Lipinski definition) is 2. The van der Waals surface area contributed by atoms with Gasteiger partial charge >= 0.3 is 0 Å². The van der Waals surface area contributed by atoms with Crippen molar-refractivity contribution in [3.05, 3.63) is 21.9 Å². The van der Waals surface area contributed by atoms with Gasteiger partial charge in [0.1, 0.15) is 0 Å². The first-order valence-corrected chi connectivity index (χ1v) is 8.34. The second kappa shape index (κ2) is 3.83. The van der Waals surface area contributed by atoms with Gasteiger partial charge in [-0.25, -0.2) is 0 Å². The Kier molecular flexibility index (Phi) is 2.44. The Labute approximate surface area is 114 Å². The number of rotatable bonds is 2. The second-order valence-corrected chi connectivity index (χ2v) is 8.31. The SMILES string of the molecule is Cc1sccc1C(N)C12CC3CC(CC(C3)C1)C2. The third-order valence-electron chi connectivity index (χ3n) is 5.98. The summed E-state index contributed by atoms with van der Waals surface area (Å²) in [4.78, 5) is 1.44. The van der Waals surface area contributed by atoms with Gasteiger partial charge in [-0.3, -0.25) is 0 Å². The summed E-state index contributed by atoms with van der Waals surface area (Å²) in [5.41, 5.74) is 8.65. The van der Waals surface area contributed by atoms with Crippen LogP contribution in [0.5, 0.6) is 0 Å². The molecule has 4 fully saturated rings. The third-order valence-corrected chi connectivity index (χ3v) is 6.84. The lowest BCUT2D eigenvalue weighted by atomic mass is 9.47. The molecule has 4 aliphatic carbocycles. The predicted octanol–water partition coefficient (Wildman–Crippen LogP) is 4.27. The molecule has 4 saturated carbocycles. The molecule has 1 nitrogen and oxygen atoms in total. The average molecular weight is 261 g/mol. The molecule has 2 heteroatoms. The van der Waals surface area contributed by atoms with Crippen LogP contribution in [-0.4, -0.2) is 0 Å². The Morgan fingerprint density at radius 3 is 2.17 bits per heavy atom. The second-order valence-electron chi connectivity index (χ2n) is 7.19. The molecule has 98 valence electrons. The lowest BCUT2D eigenvalue weighted by Crippen LogP contribution is -2.50. The Balaban J connectivity index is 1.69. The molecular formula is C16H23NS. The van der Waals surface area contributed by atoms with Crippen molar-refractivity contribution in [3.63, 3.8) is 0 Å². The molecule has 5 rings (SSSR count). The summed E-state index contributed by atoms with van der Waals surface area (Å²) in [7, 11) is 0. The van der Waals surface area contributed by atoms with Crippen molar-refractivity contribution in [2.24, 2.45) is 28.9 Å². The topological polar surface area (TPSA) is 26.0 Å². The smallest absolute Gasteiger partial charge is 0.0363 e. The Morgan fingerprint density at radius 2 is 1.72 bits per heavy atom. The molecule has 0 amide bonds. The summed E-state index contributed by atoms with van der Waals surface area (Å²) in [6, 6.07) is 2.58.